The molecule has 1 fully saturated rings. The van der Waals surface area contributed by atoms with Crippen molar-refractivity contribution < 1.29 is 18.8 Å². The van der Waals surface area contributed by atoms with Crippen molar-refractivity contribution in [3.8, 4) is 0 Å². The van der Waals surface area contributed by atoms with Crippen molar-refractivity contribution in [3.63, 3.8) is 0 Å². The molecule has 8 heteroatoms. The molecule has 132 valence electrons. The van der Waals surface area contributed by atoms with E-state index in [1.54, 1.807) is 12.1 Å². The van der Waals surface area contributed by atoms with Crippen molar-refractivity contribution in [2.75, 3.05) is 25.0 Å². The zero-order valence-electron chi connectivity index (χ0n) is 13.9. The monoisotopic (exact) mass is 355 g/mol. The van der Waals surface area contributed by atoms with Gasteiger partial charge in [-0.15, -0.1) is 0 Å². The molecule has 1 aromatic rings. The Labute approximate surface area is 146 Å². The van der Waals surface area contributed by atoms with E-state index in [0.717, 1.165) is 19.6 Å². The second-order valence-corrected chi connectivity index (χ2v) is 6.46. The van der Waals surface area contributed by atoms with Crippen LogP contribution >= 0.6 is 12.2 Å². The molecule has 1 aliphatic heterocycles. The van der Waals surface area contributed by atoms with Crippen LogP contribution < -0.4 is 21.1 Å². The van der Waals surface area contributed by atoms with Crippen LogP contribution in [-0.2, 0) is 9.53 Å². The average Bonchev–Trinajstić information content (AvgIpc) is 2.52. The Kier molecular flexibility index (Phi) is 6.89. The quantitative estimate of drug-likeness (QED) is 0.460. The van der Waals surface area contributed by atoms with Crippen LogP contribution in [0.1, 0.15) is 20.3 Å². The molecular weight excluding hydrogens is 331 g/mol. The molecule has 1 aliphatic rings. The molecular formula is C16H24FN4O2S+. The van der Waals surface area contributed by atoms with Gasteiger partial charge in [0.25, 0.3) is 0 Å². The molecule has 3 atom stereocenters. The van der Waals surface area contributed by atoms with Gasteiger partial charge in [0, 0.05) is 5.69 Å². The van der Waals surface area contributed by atoms with Crippen LogP contribution in [0.2, 0.25) is 0 Å². The smallest absolute Gasteiger partial charge is 0.244 e. The number of quaternary nitrogens is 1. The topological polar surface area (TPSA) is 66.8 Å². The highest BCUT2D eigenvalue weighted by molar-refractivity contribution is 7.80. The number of ether oxygens (including phenoxy) is 1. The minimum absolute atomic E-state index is 0.127. The van der Waals surface area contributed by atoms with Gasteiger partial charge in [0.05, 0.1) is 13.0 Å². The lowest BCUT2D eigenvalue weighted by Crippen LogP contribution is -3.15. The Hall–Kier alpha value is -1.77. The van der Waals surface area contributed by atoms with Gasteiger partial charge in [-0.2, -0.15) is 0 Å². The second-order valence-electron chi connectivity index (χ2n) is 6.05. The molecule has 6 nitrogen and oxygen atoms in total. The van der Waals surface area contributed by atoms with Crippen molar-refractivity contribution in [2.45, 2.75) is 32.5 Å². The number of amides is 1. The van der Waals surface area contributed by atoms with Crippen molar-refractivity contribution >= 4 is 28.9 Å². The number of carbonyl (C=O) groups is 1. The highest BCUT2D eigenvalue weighted by atomic mass is 32.1. The zero-order valence-corrected chi connectivity index (χ0v) is 14.7. The first-order valence-corrected chi connectivity index (χ1v) is 8.43. The van der Waals surface area contributed by atoms with E-state index in [4.69, 9.17) is 17.0 Å². The van der Waals surface area contributed by atoms with Gasteiger partial charge in [0.1, 0.15) is 31.1 Å². The lowest BCUT2D eigenvalue weighted by atomic mass is 10.2. The summed E-state index contributed by atoms with van der Waals surface area (Å²) in [6.45, 7) is 6.68. The van der Waals surface area contributed by atoms with Crippen LogP contribution in [0.4, 0.5) is 10.1 Å². The molecule has 0 saturated carbocycles. The minimum atomic E-state index is -0.318. The molecule has 0 aliphatic carbocycles. The van der Waals surface area contributed by atoms with Crippen LogP contribution in [-0.4, -0.2) is 42.9 Å². The van der Waals surface area contributed by atoms with Gasteiger partial charge < -0.3 is 15.0 Å². The highest BCUT2D eigenvalue weighted by Gasteiger charge is 2.25. The van der Waals surface area contributed by atoms with E-state index in [-0.39, 0.29) is 29.0 Å². The summed E-state index contributed by atoms with van der Waals surface area (Å²) in [5, 5.41) is 3.10. The van der Waals surface area contributed by atoms with Gasteiger partial charge in [-0.05, 0) is 50.3 Å². The molecule has 2 rings (SSSR count). The number of rotatable bonds is 4. The first kappa shape index (κ1) is 18.6. The van der Waals surface area contributed by atoms with Gasteiger partial charge in [-0.3, -0.25) is 15.6 Å². The van der Waals surface area contributed by atoms with Gasteiger partial charge in [0.15, 0.2) is 5.11 Å². The SMILES string of the molecule is C[C@@H]1C[NH+](CCC(=O)NNC(=S)Nc2ccc(F)cc2)C[C@H](C)O1. The number of morpholine rings is 1. The van der Waals surface area contributed by atoms with E-state index >= 15 is 0 Å². The predicted molar refractivity (Wildman–Crippen MR) is 94.1 cm³/mol. The van der Waals surface area contributed by atoms with E-state index in [0.29, 0.717) is 12.1 Å². The largest absolute Gasteiger partial charge is 0.364 e. The molecule has 1 heterocycles. The summed E-state index contributed by atoms with van der Waals surface area (Å²) in [4.78, 5) is 13.3. The summed E-state index contributed by atoms with van der Waals surface area (Å²) in [5.41, 5.74) is 5.85. The van der Waals surface area contributed by atoms with Gasteiger partial charge in [-0.25, -0.2) is 4.39 Å². The third-order valence-electron chi connectivity index (χ3n) is 3.74. The lowest BCUT2D eigenvalue weighted by molar-refractivity contribution is -0.914. The average molecular weight is 355 g/mol. The number of anilines is 1. The number of halogens is 1. The molecule has 4 N–H and O–H groups in total. The van der Waals surface area contributed by atoms with Crippen LogP contribution in [0.3, 0.4) is 0 Å². The summed E-state index contributed by atoms with van der Waals surface area (Å²) >= 11 is 5.08. The maximum Gasteiger partial charge on any atom is 0.244 e. The standard InChI is InChI=1S/C16H23FN4O2S/c1-11-9-21(10-12(2)23-11)8-7-15(22)19-20-16(24)18-14-5-3-13(17)4-6-14/h3-6,11-12H,7-10H2,1-2H3,(H,19,22)(H2,18,20,24)/p+1/t11-,12+. The maximum atomic E-state index is 12.8. The number of hydrogen-bond donors (Lipinski definition) is 4. The van der Waals surface area contributed by atoms with Crippen molar-refractivity contribution in [1.82, 2.24) is 10.9 Å². The molecule has 24 heavy (non-hydrogen) atoms. The fourth-order valence-electron chi connectivity index (χ4n) is 2.77. The third-order valence-corrected chi connectivity index (χ3v) is 3.94. The van der Waals surface area contributed by atoms with E-state index in [1.165, 1.54) is 17.0 Å². The van der Waals surface area contributed by atoms with E-state index in [2.05, 4.69) is 30.0 Å². The molecule has 1 unspecified atom stereocenters. The van der Waals surface area contributed by atoms with Crippen LogP contribution in [0.5, 0.6) is 0 Å². The molecule has 0 bridgehead atoms. The van der Waals surface area contributed by atoms with E-state index in [9.17, 15) is 9.18 Å². The Morgan fingerprint density at radius 2 is 1.88 bits per heavy atom. The number of hydrazine groups is 1. The number of thiocarbonyl (C=S) groups is 1. The van der Waals surface area contributed by atoms with Gasteiger partial charge >= 0.3 is 0 Å². The van der Waals surface area contributed by atoms with Crippen molar-refractivity contribution in [2.24, 2.45) is 0 Å². The molecule has 1 saturated heterocycles. The van der Waals surface area contributed by atoms with Crippen LogP contribution in [0.25, 0.3) is 0 Å². The lowest BCUT2D eigenvalue weighted by Gasteiger charge is -2.32. The molecule has 1 amide bonds. The Morgan fingerprint density at radius 1 is 1.25 bits per heavy atom. The summed E-state index contributed by atoms with van der Waals surface area (Å²) < 4.78 is 18.5. The number of nitrogens with one attached hydrogen (secondary N) is 4. The molecule has 1 aromatic carbocycles. The second kappa shape index (κ2) is 8.91. The maximum absolute atomic E-state index is 12.8. The summed E-state index contributed by atoms with van der Waals surface area (Å²) in [5.74, 6) is -0.445. The Balaban J connectivity index is 1.65. The number of hydrogen-bond acceptors (Lipinski definition) is 3. The Bertz CT molecular complexity index is 560. The van der Waals surface area contributed by atoms with Crippen LogP contribution in [0, 0.1) is 5.82 Å². The van der Waals surface area contributed by atoms with Crippen molar-refractivity contribution in [3.05, 3.63) is 30.1 Å². The first-order chi connectivity index (χ1) is 11.4. The predicted octanol–water partition coefficient (Wildman–Crippen LogP) is 0.226. The van der Waals surface area contributed by atoms with Gasteiger partial charge in [-0.1, -0.05) is 0 Å². The fourth-order valence-corrected chi connectivity index (χ4v) is 2.94. The minimum Gasteiger partial charge on any atom is -0.364 e. The first-order valence-electron chi connectivity index (χ1n) is 8.03. The van der Waals surface area contributed by atoms with Crippen molar-refractivity contribution in [1.29, 1.82) is 0 Å². The van der Waals surface area contributed by atoms with E-state index in [1.807, 2.05) is 0 Å². The van der Waals surface area contributed by atoms with Gasteiger partial charge in [0.2, 0.25) is 5.91 Å². The molecule has 0 spiro atoms. The zero-order chi connectivity index (χ0) is 17.5. The normalized spacial score (nSPS) is 23.4. The molecule has 0 aromatic heterocycles. The summed E-state index contributed by atoms with van der Waals surface area (Å²) in [6.07, 6.45) is 0.843. The van der Waals surface area contributed by atoms with Crippen LogP contribution in [0.15, 0.2) is 24.3 Å². The van der Waals surface area contributed by atoms with E-state index < -0.39 is 0 Å². The molecule has 0 radical (unpaired) electrons. The highest BCUT2D eigenvalue weighted by Crippen LogP contribution is 2.07. The Morgan fingerprint density at radius 3 is 2.50 bits per heavy atom. The number of benzene rings is 1. The summed E-state index contributed by atoms with van der Waals surface area (Å²) in [6, 6.07) is 5.79. The number of carbonyl (C=O) groups excluding carboxylic acids is 1. The fraction of sp³-hybridized carbons (Fsp3) is 0.500. The third kappa shape index (κ3) is 6.38. The summed E-state index contributed by atoms with van der Waals surface area (Å²) in [7, 11) is 0.